The molecule has 1 aliphatic carbocycles. The number of amides is 2. The van der Waals surface area contributed by atoms with Gasteiger partial charge in [-0.2, -0.15) is 0 Å². The van der Waals surface area contributed by atoms with Crippen LogP contribution in [0, 0.1) is 5.92 Å². The second kappa shape index (κ2) is 10.9. The number of nitrogens with one attached hydrogen (secondary N) is 1. The van der Waals surface area contributed by atoms with Gasteiger partial charge in [-0.3, -0.25) is 9.59 Å². The molecule has 3 aromatic heterocycles. The van der Waals surface area contributed by atoms with Crippen molar-refractivity contribution in [2.75, 3.05) is 25.6 Å². The van der Waals surface area contributed by atoms with E-state index in [0.29, 0.717) is 72.7 Å². The van der Waals surface area contributed by atoms with Crippen molar-refractivity contribution in [3.05, 3.63) is 66.4 Å². The van der Waals surface area contributed by atoms with Crippen LogP contribution in [0.3, 0.4) is 0 Å². The summed E-state index contributed by atoms with van der Waals surface area (Å²) in [4.78, 5) is 38.9. The lowest BCUT2D eigenvalue weighted by Crippen LogP contribution is -2.41. The number of ether oxygens (including phenoxy) is 2. The molecule has 3 aliphatic rings. The van der Waals surface area contributed by atoms with Crippen LogP contribution in [0.2, 0.25) is 0 Å². The number of carbonyl (C=O) groups excluding carboxylic acids is 2. The average molecular weight is 606 g/mol. The second-order valence-corrected chi connectivity index (χ2v) is 12.2. The Balaban J connectivity index is 1.27. The van der Waals surface area contributed by atoms with E-state index in [2.05, 4.69) is 16.0 Å². The number of aryl methyl sites for hydroxylation is 2. The number of anilines is 1. The molecule has 45 heavy (non-hydrogen) atoms. The Labute approximate surface area is 259 Å². The third kappa shape index (κ3) is 4.61. The Morgan fingerprint density at radius 1 is 1.09 bits per heavy atom. The zero-order valence-electron chi connectivity index (χ0n) is 25.1. The molecule has 11 nitrogen and oxygen atoms in total. The molecule has 1 saturated carbocycles. The summed E-state index contributed by atoms with van der Waals surface area (Å²) >= 11 is 0. The Hall–Kier alpha value is -4.90. The monoisotopic (exact) mass is 605 g/mol. The van der Waals surface area contributed by atoms with Crippen LogP contribution in [0.4, 0.5) is 5.69 Å². The van der Waals surface area contributed by atoms with E-state index in [4.69, 9.17) is 25.2 Å². The number of piperidine rings is 1. The van der Waals surface area contributed by atoms with Gasteiger partial charge in [-0.15, -0.1) is 0 Å². The Bertz CT molecular complexity index is 1960. The number of pyridine rings is 1. The van der Waals surface area contributed by atoms with Gasteiger partial charge in [0.15, 0.2) is 5.82 Å². The SMILES string of the molecule is COc1cc(C(=O)N2C[C@H]3CC[C@@H]2C3N)cc2nc3n(c12)CCC(=O)Nc1ccccc1OCCCn1c-3cc2cccnc21. The topological polar surface area (TPSA) is 130 Å². The van der Waals surface area contributed by atoms with Gasteiger partial charge in [-0.05, 0) is 67.6 Å². The van der Waals surface area contributed by atoms with Gasteiger partial charge < -0.3 is 34.6 Å². The van der Waals surface area contributed by atoms with Gasteiger partial charge in [0.25, 0.3) is 5.91 Å². The lowest BCUT2D eigenvalue weighted by atomic mass is 10.1. The summed E-state index contributed by atoms with van der Waals surface area (Å²) in [6.45, 7) is 2.12. The second-order valence-electron chi connectivity index (χ2n) is 12.2. The molecule has 1 unspecified atom stereocenters. The lowest BCUT2D eigenvalue weighted by molar-refractivity contribution is -0.116. The van der Waals surface area contributed by atoms with Gasteiger partial charge in [0.1, 0.15) is 22.7 Å². The molecule has 2 aromatic carbocycles. The number of carbonyl (C=O) groups is 2. The summed E-state index contributed by atoms with van der Waals surface area (Å²) in [5.41, 5.74) is 10.7. The molecular weight excluding hydrogens is 570 g/mol. The molecule has 2 bridgehead atoms. The zero-order chi connectivity index (χ0) is 30.7. The quantitative estimate of drug-likeness (QED) is 0.305. The van der Waals surface area contributed by atoms with Gasteiger partial charge in [0.2, 0.25) is 5.91 Å². The first-order valence-corrected chi connectivity index (χ1v) is 15.6. The third-order valence-electron chi connectivity index (χ3n) is 9.58. The predicted molar refractivity (Wildman–Crippen MR) is 170 cm³/mol. The highest BCUT2D eigenvalue weighted by atomic mass is 16.5. The van der Waals surface area contributed by atoms with Crippen molar-refractivity contribution in [1.29, 1.82) is 0 Å². The van der Waals surface area contributed by atoms with E-state index in [9.17, 15) is 9.59 Å². The molecule has 5 aromatic rings. The van der Waals surface area contributed by atoms with Gasteiger partial charge in [0.05, 0.1) is 30.6 Å². The van der Waals surface area contributed by atoms with Crippen LogP contribution in [-0.2, 0) is 17.9 Å². The van der Waals surface area contributed by atoms with Crippen LogP contribution >= 0.6 is 0 Å². The first-order chi connectivity index (χ1) is 22.0. The number of nitrogens with two attached hydrogens (primary N) is 1. The summed E-state index contributed by atoms with van der Waals surface area (Å²) in [5.74, 6) is 2.00. The third-order valence-corrected chi connectivity index (χ3v) is 9.58. The number of hydrogen-bond donors (Lipinski definition) is 2. The summed E-state index contributed by atoms with van der Waals surface area (Å²) in [6, 6.07) is 17.3. The molecule has 0 spiro atoms. The fourth-order valence-corrected chi connectivity index (χ4v) is 7.40. The van der Waals surface area contributed by atoms with E-state index in [1.165, 1.54) is 0 Å². The molecule has 1 saturated heterocycles. The Morgan fingerprint density at radius 2 is 1.98 bits per heavy atom. The van der Waals surface area contributed by atoms with E-state index >= 15 is 0 Å². The first kappa shape index (κ1) is 27.6. The molecule has 2 fully saturated rings. The van der Waals surface area contributed by atoms with Gasteiger partial charge in [0, 0.05) is 55.3 Å². The Kier molecular flexibility index (Phi) is 6.71. The van der Waals surface area contributed by atoms with Gasteiger partial charge in [-0.25, -0.2) is 9.97 Å². The van der Waals surface area contributed by atoms with Crippen molar-refractivity contribution in [3.63, 3.8) is 0 Å². The molecule has 0 radical (unpaired) electrons. The average Bonchev–Trinajstić information content (AvgIpc) is 3.81. The minimum atomic E-state index is -0.149. The molecule has 3 atom stereocenters. The number of benzene rings is 2. The molecule has 11 heteroatoms. The minimum absolute atomic E-state index is 0.0282. The minimum Gasteiger partial charge on any atom is -0.494 e. The number of aromatic nitrogens is 4. The summed E-state index contributed by atoms with van der Waals surface area (Å²) in [5, 5.41) is 4.01. The molecule has 3 N–H and O–H groups in total. The maximum absolute atomic E-state index is 13.8. The normalized spacial score (nSPS) is 21.5. The maximum atomic E-state index is 13.8. The van der Waals surface area contributed by atoms with Crippen molar-refractivity contribution in [1.82, 2.24) is 24.0 Å². The summed E-state index contributed by atoms with van der Waals surface area (Å²) in [6.07, 6.45) is 4.69. The number of fused-ring (bicyclic) bond motifs is 10. The van der Waals surface area contributed by atoms with Crippen LogP contribution in [0.25, 0.3) is 33.6 Å². The standard InChI is InChI=1S/C34H35N7O4/c1-44-28-18-22(34(43)41-19-21-9-10-25(41)30(21)35)16-24-31(28)40-14-11-29(42)37-23-7-2-3-8-27(23)45-15-5-13-39-26(33(40)38-24)17-20-6-4-12-36-32(20)39/h2-4,6-8,12,16-18,21,25,30H,5,9-11,13-15,19,35H2,1H3,(H,37,42)/t21-,25-,30?/m1/s1. The number of methoxy groups -OCH3 is 1. The largest absolute Gasteiger partial charge is 0.494 e. The summed E-state index contributed by atoms with van der Waals surface area (Å²) < 4.78 is 16.2. The van der Waals surface area contributed by atoms with E-state index < -0.39 is 0 Å². The van der Waals surface area contributed by atoms with Gasteiger partial charge in [-0.1, -0.05) is 12.1 Å². The van der Waals surface area contributed by atoms with Crippen molar-refractivity contribution in [2.24, 2.45) is 11.7 Å². The first-order valence-electron chi connectivity index (χ1n) is 15.6. The molecule has 8 rings (SSSR count). The highest BCUT2D eigenvalue weighted by Crippen LogP contribution is 2.39. The lowest BCUT2D eigenvalue weighted by Gasteiger charge is -2.27. The number of nitrogens with zero attached hydrogens (tertiary/aromatic N) is 5. The molecule has 2 aliphatic heterocycles. The van der Waals surface area contributed by atoms with Crippen LogP contribution in [-0.4, -0.2) is 68.2 Å². The predicted octanol–water partition coefficient (Wildman–Crippen LogP) is 4.43. The number of rotatable bonds is 2. The van der Waals surface area contributed by atoms with Crippen molar-refractivity contribution in [2.45, 2.75) is 50.9 Å². The number of para-hydroxylation sites is 2. The molecular formula is C34H35N7O4. The molecule has 2 amide bonds. The van der Waals surface area contributed by atoms with Crippen LogP contribution in [0.5, 0.6) is 11.5 Å². The van der Waals surface area contributed by atoms with Crippen LogP contribution < -0.4 is 20.5 Å². The summed E-state index contributed by atoms with van der Waals surface area (Å²) in [7, 11) is 1.60. The molecule has 230 valence electrons. The highest BCUT2D eigenvalue weighted by molar-refractivity contribution is 6.01. The fourth-order valence-electron chi connectivity index (χ4n) is 7.40. The number of imidazole rings is 1. The van der Waals surface area contributed by atoms with Crippen molar-refractivity contribution in [3.8, 4) is 23.0 Å². The fraction of sp³-hybridized carbons (Fsp3) is 0.353. The van der Waals surface area contributed by atoms with E-state index in [1.807, 2.05) is 51.9 Å². The van der Waals surface area contributed by atoms with E-state index in [-0.39, 0.29) is 30.3 Å². The number of likely N-dealkylation sites (tertiary alicyclic amines) is 1. The van der Waals surface area contributed by atoms with Crippen molar-refractivity contribution < 1.29 is 19.1 Å². The van der Waals surface area contributed by atoms with E-state index in [1.54, 1.807) is 19.4 Å². The molecule has 5 heterocycles. The maximum Gasteiger partial charge on any atom is 0.254 e. The zero-order valence-corrected chi connectivity index (χ0v) is 25.1. The van der Waals surface area contributed by atoms with E-state index in [0.717, 1.165) is 35.1 Å². The van der Waals surface area contributed by atoms with Crippen LogP contribution in [0.15, 0.2) is 60.8 Å². The van der Waals surface area contributed by atoms with Gasteiger partial charge >= 0.3 is 0 Å². The van der Waals surface area contributed by atoms with Crippen molar-refractivity contribution >= 4 is 39.6 Å². The number of hydrogen-bond acceptors (Lipinski definition) is 7. The van der Waals surface area contributed by atoms with Crippen LogP contribution in [0.1, 0.15) is 36.0 Å². The highest BCUT2D eigenvalue weighted by Gasteiger charge is 2.47. The smallest absolute Gasteiger partial charge is 0.254 e. The Morgan fingerprint density at radius 3 is 2.80 bits per heavy atom.